The SMILES string of the molecule is COc1cccc(N=CN(C)c2ccccc2)c1. The molecule has 0 saturated carbocycles. The number of aliphatic imine (C=N–C) groups is 1. The van der Waals surface area contributed by atoms with E-state index in [1.165, 1.54) is 0 Å². The Morgan fingerprint density at radius 1 is 1.06 bits per heavy atom. The Kier molecular flexibility index (Phi) is 3.97. The van der Waals surface area contributed by atoms with Crippen LogP contribution in [-0.4, -0.2) is 20.5 Å². The number of methoxy groups -OCH3 is 1. The molecule has 2 rings (SSSR count). The lowest BCUT2D eigenvalue weighted by Crippen LogP contribution is -2.13. The largest absolute Gasteiger partial charge is 0.497 e. The third-order valence-electron chi connectivity index (χ3n) is 2.60. The summed E-state index contributed by atoms with van der Waals surface area (Å²) < 4.78 is 5.16. The maximum absolute atomic E-state index is 5.16. The molecule has 0 saturated heterocycles. The Bertz CT molecular complexity index is 523. The van der Waals surface area contributed by atoms with Crippen molar-refractivity contribution >= 4 is 17.7 Å². The predicted molar refractivity (Wildman–Crippen MR) is 76.0 cm³/mol. The molecule has 0 atom stereocenters. The standard InChI is InChI=1S/C15H16N2O/c1-17(14-8-4-3-5-9-14)12-16-13-7-6-10-15(11-13)18-2/h3-12H,1-2H3. The summed E-state index contributed by atoms with van der Waals surface area (Å²) in [6.45, 7) is 0. The minimum Gasteiger partial charge on any atom is -0.497 e. The summed E-state index contributed by atoms with van der Waals surface area (Å²) in [4.78, 5) is 6.38. The fraction of sp³-hybridized carbons (Fsp3) is 0.133. The maximum Gasteiger partial charge on any atom is 0.121 e. The van der Waals surface area contributed by atoms with Crippen molar-refractivity contribution in [3.05, 3.63) is 54.6 Å². The van der Waals surface area contributed by atoms with Gasteiger partial charge in [-0.1, -0.05) is 24.3 Å². The van der Waals surface area contributed by atoms with Gasteiger partial charge in [0, 0.05) is 18.8 Å². The molecule has 0 unspecified atom stereocenters. The summed E-state index contributed by atoms with van der Waals surface area (Å²) in [7, 11) is 3.62. The summed E-state index contributed by atoms with van der Waals surface area (Å²) in [5, 5.41) is 0. The van der Waals surface area contributed by atoms with Crippen molar-refractivity contribution < 1.29 is 4.74 Å². The van der Waals surface area contributed by atoms with Crippen LogP contribution in [0.3, 0.4) is 0 Å². The van der Waals surface area contributed by atoms with Gasteiger partial charge in [-0.3, -0.25) is 0 Å². The van der Waals surface area contributed by atoms with Gasteiger partial charge in [-0.05, 0) is 24.3 Å². The van der Waals surface area contributed by atoms with Crippen molar-refractivity contribution in [1.29, 1.82) is 0 Å². The van der Waals surface area contributed by atoms with E-state index in [1.54, 1.807) is 13.4 Å². The second-order valence-corrected chi connectivity index (χ2v) is 3.89. The quantitative estimate of drug-likeness (QED) is 0.603. The highest BCUT2D eigenvalue weighted by Gasteiger charge is 1.96. The van der Waals surface area contributed by atoms with Crippen LogP contribution in [0.4, 0.5) is 11.4 Å². The highest BCUT2D eigenvalue weighted by molar-refractivity contribution is 5.80. The third kappa shape index (κ3) is 3.10. The average Bonchev–Trinajstić information content (AvgIpc) is 2.46. The van der Waals surface area contributed by atoms with E-state index < -0.39 is 0 Å². The van der Waals surface area contributed by atoms with Gasteiger partial charge in [0.1, 0.15) is 5.75 Å². The molecule has 0 radical (unpaired) electrons. The lowest BCUT2D eigenvalue weighted by molar-refractivity contribution is 0.415. The fourth-order valence-electron chi connectivity index (χ4n) is 1.57. The number of benzene rings is 2. The Labute approximate surface area is 107 Å². The first-order valence-electron chi connectivity index (χ1n) is 5.76. The van der Waals surface area contributed by atoms with Crippen molar-refractivity contribution in [2.24, 2.45) is 4.99 Å². The highest BCUT2D eigenvalue weighted by Crippen LogP contribution is 2.19. The number of ether oxygens (including phenoxy) is 1. The zero-order chi connectivity index (χ0) is 12.8. The smallest absolute Gasteiger partial charge is 0.121 e. The first kappa shape index (κ1) is 12.2. The molecule has 0 spiro atoms. The highest BCUT2D eigenvalue weighted by atomic mass is 16.5. The fourth-order valence-corrected chi connectivity index (χ4v) is 1.57. The summed E-state index contributed by atoms with van der Waals surface area (Å²) >= 11 is 0. The van der Waals surface area contributed by atoms with Crippen molar-refractivity contribution in [1.82, 2.24) is 0 Å². The number of para-hydroxylation sites is 1. The van der Waals surface area contributed by atoms with E-state index in [-0.39, 0.29) is 0 Å². The first-order chi connectivity index (χ1) is 8.79. The van der Waals surface area contributed by atoms with E-state index in [2.05, 4.69) is 4.99 Å². The average molecular weight is 240 g/mol. The molecular formula is C15H16N2O. The zero-order valence-electron chi connectivity index (χ0n) is 10.6. The minimum absolute atomic E-state index is 0.812. The summed E-state index contributed by atoms with van der Waals surface area (Å²) in [5.41, 5.74) is 1.97. The Morgan fingerprint density at radius 2 is 1.83 bits per heavy atom. The van der Waals surface area contributed by atoms with Crippen LogP contribution >= 0.6 is 0 Å². The van der Waals surface area contributed by atoms with Crippen LogP contribution in [-0.2, 0) is 0 Å². The molecule has 0 bridgehead atoms. The summed E-state index contributed by atoms with van der Waals surface area (Å²) in [6.07, 6.45) is 1.80. The molecule has 0 heterocycles. The van der Waals surface area contributed by atoms with Gasteiger partial charge >= 0.3 is 0 Å². The molecule has 3 nitrogen and oxygen atoms in total. The molecular weight excluding hydrogens is 224 g/mol. The molecule has 0 N–H and O–H groups in total. The monoisotopic (exact) mass is 240 g/mol. The van der Waals surface area contributed by atoms with Crippen molar-refractivity contribution in [3.8, 4) is 5.75 Å². The van der Waals surface area contributed by atoms with Gasteiger partial charge in [-0.2, -0.15) is 0 Å². The van der Waals surface area contributed by atoms with Crippen LogP contribution in [0.1, 0.15) is 0 Å². The molecule has 0 fully saturated rings. The van der Waals surface area contributed by atoms with E-state index in [9.17, 15) is 0 Å². The van der Waals surface area contributed by atoms with Crippen LogP contribution in [0.25, 0.3) is 0 Å². The van der Waals surface area contributed by atoms with Crippen LogP contribution in [0.5, 0.6) is 5.75 Å². The molecule has 0 aromatic heterocycles. The van der Waals surface area contributed by atoms with Gasteiger partial charge in [0.05, 0.1) is 19.1 Å². The normalized spacial score (nSPS) is 10.6. The molecule has 2 aromatic carbocycles. The van der Waals surface area contributed by atoms with Crippen molar-refractivity contribution in [2.75, 3.05) is 19.1 Å². The first-order valence-corrected chi connectivity index (χ1v) is 5.76. The van der Waals surface area contributed by atoms with Gasteiger partial charge in [0.25, 0.3) is 0 Å². The van der Waals surface area contributed by atoms with E-state index in [1.807, 2.05) is 66.5 Å². The lowest BCUT2D eigenvalue weighted by Gasteiger charge is -2.12. The van der Waals surface area contributed by atoms with Gasteiger partial charge in [0.15, 0.2) is 0 Å². The molecule has 92 valence electrons. The number of hydrogen-bond donors (Lipinski definition) is 0. The second-order valence-electron chi connectivity index (χ2n) is 3.89. The van der Waals surface area contributed by atoms with Crippen molar-refractivity contribution in [3.63, 3.8) is 0 Å². The molecule has 3 heteroatoms. The van der Waals surface area contributed by atoms with Crippen LogP contribution in [0.2, 0.25) is 0 Å². The number of anilines is 1. The molecule has 0 aliphatic carbocycles. The Hall–Kier alpha value is -2.29. The molecule has 0 aliphatic rings. The zero-order valence-corrected chi connectivity index (χ0v) is 10.6. The third-order valence-corrected chi connectivity index (χ3v) is 2.60. The topological polar surface area (TPSA) is 24.8 Å². The maximum atomic E-state index is 5.16. The van der Waals surface area contributed by atoms with E-state index in [0.717, 1.165) is 17.1 Å². The summed E-state index contributed by atoms with van der Waals surface area (Å²) in [6, 6.07) is 17.8. The van der Waals surface area contributed by atoms with Crippen LogP contribution < -0.4 is 9.64 Å². The Balaban J connectivity index is 2.10. The molecule has 0 amide bonds. The van der Waals surface area contributed by atoms with E-state index in [0.29, 0.717) is 0 Å². The number of nitrogens with zero attached hydrogens (tertiary/aromatic N) is 2. The Morgan fingerprint density at radius 3 is 2.56 bits per heavy atom. The van der Waals surface area contributed by atoms with Gasteiger partial charge in [0.2, 0.25) is 0 Å². The predicted octanol–water partition coefficient (Wildman–Crippen LogP) is 3.49. The minimum atomic E-state index is 0.812. The van der Waals surface area contributed by atoms with Gasteiger partial charge in [-0.15, -0.1) is 0 Å². The van der Waals surface area contributed by atoms with Gasteiger partial charge < -0.3 is 9.64 Å². The molecule has 0 aliphatic heterocycles. The second kappa shape index (κ2) is 5.87. The number of hydrogen-bond acceptors (Lipinski definition) is 2. The molecule has 2 aromatic rings. The van der Waals surface area contributed by atoms with Gasteiger partial charge in [-0.25, -0.2) is 4.99 Å². The van der Waals surface area contributed by atoms with Crippen molar-refractivity contribution in [2.45, 2.75) is 0 Å². The summed E-state index contributed by atoms with van der Waals surface area (Å²) in [5.74, 6) is 0.812. The molecule has 18 heavy (non-hydrogen) atoms. The van der Waals surface area contributed by atoms with Crippen LogP contribution in [0.15, 0.2) is 59.6 Å². The lowest BCUT2D eigenvalue weighted by atomic mass is 10.3. The van der Waals surface area contributed by atoms with E-state index in [4.69, 9.17) is 4.74 Å². The number of rotatable bonds is 4. The van der Waals surface area contributed by atoms with E-state index >= 15 is 0 Å². The van der Waals surface area contributed by atoms with Crippen LogP contribution in [0, 0.1) is 0 Å².